The second kappa shape index (κ2) is 8.75. The molecule has 4 heterocycles. The van der Waals surface area contributed by atoms with Crippen LogP contribution < -0.4 is 19.7 Å². The largest absolute Gasteiger partial charge is 0.493 e. The van der Waals surface area contributed by atoms with Crippen molar-refractivity contribution >= 4 is 17.4 Å². The maximum Gasteiger partial charge on any atom is 0.228 e. The molecular weight excluding hydrogens is 412 g/mol. The van der Waals surface area contributed by atoms with Gasteiger partial charge < -0.3 is 28.8 Å². The van der Waals surface area contributed by atoms with Gasteiger partial charge in [0.25, 0.3) is 0 Å². The van der Waals surface area contributed by atoms with Gasteiger partial charge in [0, 0.05) is 25.7 Å². The van der Waals surface area contributed by atoms with Crippen molar-refractivity contribution in [2.45, 2.75) is 6.54 Å². The van der Waals surface area contributed by atoms with E-state index < -0.39 is 0 Å². The van der Waals surface area contributed by atoms with Crippen LogP contribution in [0.5, 0.6) is 11.5 Å². The zero-order valence-corrected chi connectivity index (χ0v) is 17.9. The van der Waals surface area contributed by atoms with Crippen LogP contribution in [-0.4, -0.2) is 60.1 Å². The number of rotatable bonds is 7. The molecule has 0 amide bonds. The van der Waals surface area contributed by atoms with E-state index in [9.17, 15) is 0 Å². The molecule has 0 spiro atoms. The van der Waals surface area contributed by atoms with Gasteiger partial charge in [-0.1, -0.05) is 6.07 Å². The third-order valence-corrected chi connectivity index (χ3v) is 5.29. The molecule has 1 aliphatic heterocycles. The van der Waals surface area contributed by atoms with Gasteiger partial charge in [-0.05, 0) is 29.8 Å². The molecule has 3 aromatic heterocycles. The highest BCUT2D eigenvalue weighted by Crippen LogP contribution is 2.28. The van der Waals surface area contributed by atoms with Crippen LogP contribution >= 0.6 is 0 Å². The Hall–Kier alpha value is -3.79. The Kier molecular flexibility index (Phi) is 5.51. The highest BCUT2D eigenvalue weighted by molar-refractivity contribution is 5.60. The summed E-state index contributed by atoms with van der Waals surface area (Å²) >= 11 is 0. The lowest BCUT2D eigenvalue weighted by atomic mass is 10.2. The summed E-state index contributed by atoms with van der Waals surface area (Å²) < 4.78 is 23.4. The van der Waals surface area contributed by atoms with E-state index in [1.54, 1.807) is 25.0 Å². The van der Waals surface area contributed by atoms with Gasteiger partial charge in [0.2, 0.25) is 11.8 Å². The first kappa shape index (κ1) is 20.1. The summed E-state index contributed by atoms with van der Waals surface area (Å²) in [6.45, 7) is 3.41. The fourth-order valence-corrected chi connectivity index (χ4v) is 3.63. The van der Waals surface area contributed by atoms with Crippen LogP contribution in [0.25, 0.3) is 17.2 Å². The molecule has 0 radical (unpaired) electrons. The van der Waals surface area contributed by atoms with Crippen LogP contribution in [0.2, 0.25) is 0 Å². The number of furan rings is 1. The lowest BCUT2D eigenvalue weighted by Gasteiger charge is -2.28. The predicted octanol–water partition coefficient (Wildman–Crippen LogP) is 2.85. The molecule has 0 unspecified atom stereocenters. The number of fused-ring (bicyclic) bond motifs is 1. The smallest absolute Gasteiger partial charge is 0.228 e. The molecule has 1 aliphatic rings. The van der Waals surface area contributed by atoms with Crippen LogP contribution in [0.1, 0.15) is 5.56 Å². The molecule has 32 heavy (non-hydrogen) atoms. The van der Waals surface area contributed by atoms with Crippen LogP contribution in [-0.2, 0) is 11.3 Å². The Morgan fingerprint density at radius 2 is 1.88 bits per heavy atom. The van der Waals surface area contributed by atoms with Gasteiger partial charge in [-0.25, -0.2) is 4.98 Å². The summed E-state index contributed by atoms with van der Waals surface area (Å²) in [5.74, 6) is 3.88. The lowest BCUT2D eigenvalue weighted by molar-refractivity contribution is 0.122. The first-order valence-corrected chi connectivity index (χ1v) is 10.3. The summed E-state index contributed by atoms with van der Waals surface area (Å²) in [5.41, 5.74) is 1.70. The van der Waals surface area contributed by atoms with Crippen LogP contribution in [0.4, 0.5) is 11.8 Å². The maximum atomic E-state index is 5.49. The number of hydrogen-bond acceptors (Lipinski definition) is 9. The van der Waals surface area contributed by atoms with Gasteiger partial charge in [-0.3, -0.25) is 0 Å². The van der Waals surface area contributed by atoms with Crippen LogP contribution in [0.15, 0.2) is 47.1 Å². The second-order valence-corrected chi connectivity index (χ2v) is 7.26. The number of nitrogens with zero attached hydrogens (tertiary/aromatic N) is 5. The first-order chi connectivity index (χ1) is 15.7. The minimum Gasteiger partial charge on any atom is -0.493 e. The number of ether oxygens (including phenoxy) is 3. The molecule has 1 aromatic carbocycles. The summed E-state index contributed by atoms with van der Waals surface area (Å²) in [4.78, 5) is 11.7. The second-order valence-electron chi connectivity index (χ2n) is 7.26. The van der Waals surface area contributed by atoms with Crippen molar-refractivity contribution in [1.82, 2.24) is 19.6 Å². The lowest BCUT2D eigenvalue weighted by Crippen LogP contribution is -2.37. The zero-order chi connectivity index (χ0) is 21.9. The molecule has 10 heteroatoms. The normalized spacial score (nSPS) is 14.0. The molecule has 4 aromatic rings. The van der Waals surface area contributed by atoms with E-state index in [4.69, 9.17) is 23.6 Å². The third kappa shape index (κ3) is 3.92. The Bertz CT molecular complexity index is 1200. The fourth-order valence-electron chi connectivity index (χ4n) is 3.63. The Morgan fingerprint density at radius 1 is 1.03 bits per heavy atom. The Morgan fingerprint density at radius 3 is 2.62 bits per heavy atom. The molecule has 1 saturated heterocycles. The number of benzene rings is 1. The molecule has 0 aliphatic carbocycles. The van der Waals surface area contributed by atoms with E-state index in [1.165, 1.54) is 0 Å². The van der Waals surface area contributed by atoms with Crippen molar-refractivity contribution in [3.63, 3.8) is 0 Å². The number of nitrogens with one attached hydrogen (secondary N) is 1. The van der Waals surface area contributed by atoms with Gasteiger partial charge in [0.05, 0.1) is 33.7 Å². The molecule has 1 N–H and O–H groups in total. The standard InChI is InChI=1S/C22H24N6O4/c1-29-16-6-5-15(12-18(16)30-2)14-23-22-25-19(27-7-10-31-11-8-27)13-20-24-21(26-28(20)22)17-4-3-9-32-17/h3-6,9,12-13H,7-8,10-11,14H2,1-2H3,(H,23,25). The third-order valence-electron chi connectivity index (χ3n) is 5.29. The van der Waals surface area contributed by atoms with Crippen molar-refractivity contribution in [2.75, 3.05) is 50.7 Å². The van der Waals surface area contributed by atoms with Gasteiger partial charge in [0.15, 0.2) is 22.9 Å². The summed E-state index contributed by atoms with van der Waals surface area (Å²) in [7, 11) is 3.24. The molecule has 1 fully saturated rings. The molecule has 5 rings (SSSR count). The van der Waals surface area contributed by atoms with Gasteiger partial charge in [-0.15, -0.1) is 5.10 Å². The van der Waals surface area contributed by atoms with Crippen molar-refractivity contribution in [3.8, 4) is 23.1 Å². The number of hydrogen-bond donors (Lipinski definition) is 1. The van der Waals surface area contributed by atoms with Crippen molar-refractivity contribution in [3.05, 3.63) is 48.2 Å². The first-order valence-electron chi connectivity index (χ1n) is 10.3. The number of morpholine rings is 1. The fraction of sp³-hybridized carbons (Fsp3) is 0.318. The summed E-state index contributed by atoms with van der Waals surface area (Å²) in [6.07, 6.45) is 1.61. The topological polar surface area (TPSA) is 99.2 Å². The quantitative estimate of drug-likeness (QED) is 0.469. The maximum absolute atomic E-state index is 5.49. The Balaban J connectivity index is 1.49. The minimum absolute atomic E-state index is 0.505. The highest BCUT2D eigenvalue weighted by atomic mass is 16.5. The van der Waals surface area contributed by atoms with Gasteiger partial charge in [0.1, 0.15) is 5.82 Å². The Labute approximate surface area is 184 Å². The predicted molar refractivity (Wildman–Crippen MR) is 118 cm³/mol. The van der Waals surface area contributed by atoms with Crippen molar-refractivity contribution < 1.29 is 18.6 Å². The number of aromatic nitrogens is 4. The van der Waals surface area contributed by atoms with Crippen LogP contribution in [0, 0.1) is 0 Å². The molecule has 10 nitrogen and oxygen atoms in total. The summed E-state index contributed by atoms with van der Waals surface area (Å²) in [6, 6.07) is 11.4. The number of methoxy groups -OCH3 is 2. The van der Waals surface area contributed by atoms with Gasteiger partial charge in [-0.2, -0.15) is 9.50 Å². The molecular formula is C22H24N6O4. The highest BCUT2D eigenvalue weighted by Gasteiger charge is 2.18. The molecule has 0 atom stereocenters. The van der Waals surface area contributed by atoms with E-state index in [1.807, 2.05) is 36.4 Å². The van der Waals surface area contributed by atoms with Crippen LogP contribution in [0.3, 0.4) is 0 Å². The molecule has 0 bridgehead atoms. The SMILES string of the molecule is COc1ccc(CNc2nc(N3CCOCC3)cc3nc(-c4ccco4)nn23)cc1OC. The van der Waals surface area contributed by atoms with Crippen molar-refractivity contribution in [1.29, 1.82) is 0 Å². The average Bonchev–Trinajstić information content (AvgIpc) is 3.52. The van der Waals surface area contributed by atoms with E-state index >= 15 is 0 Å². The van der Waals surface area contributed by atoms with Gasteiger partial charge >= 0.3 is 0 Å². The van der Waals surface area contributed by atoms with E-state index in [0.717, 1.165) is 24.5 Å². The van der Waals surface area contributed by atoms with E-state index in [-0.39, 0.29) is 0 Å². The van der Waals surface area contributed by atoms with E-state index in [0.29, 0.717) is 54.4 Å². The van der Waals surface area contributed by atoms with Crippen molar-refractivity contribution in [2.24, 2.45) is 0 Å². The average molecular weight is 436 g/mol. The minimum atomic E-state index is 0.505. The summed E-state index contributed by atoms with van der Waals surface area (Å²) in [5, 5.41) is 8.01. The molecule has 0 saturated carbocycles. The number of anilines is 2. The zero-order valence-electron chi connectivity index (χ0n) is 17.9. The van der Waals surface area contributed by atoms with E-state index in [2.05, 4.69) is 20.3 Å². The molecule has 166 valence electrons. The monoisotopic (exact) mass is 436 g/mol.